The molecule has 0 heterocycles. The van der Waals surface area contributed by atoms with Crippen LogP contribution in [0.15, 0.2) is 24.3 Å². The van der Waals surface area contributed by atoms with Crippen molar-refractivity contribution >= 4 is 5.91 Å². The molecule has 0 aliphatic carbocycles. The molecule has 1 rings (SSSR count). The maximum absolute atomic E-state index is 11.6. The summed E-state index contributed by atoms with van der Waals surface area (Å²) in [6.07, 6.45) is 1.37. The average molecular weight is 264 g/mol. The maximum Gasteiger partial charge on any atom is 0.220 e. The van der Waals surface area contributed by atoms with Crippen molar-refractivity contribution in [2.45, 2.75) is 45.8 Å². The molecule has 0 aromatic heterocycles. The second-order valence-electron chi connectivity index (χ2n) is 4.92. The fraction of sp³-hybridized carbons (Fsp3) is 0.533. The van der Waals surface area contributed by atoms with Crippen LogP contribution in [-0.2, 0) is 4.79 Å². The van der Waals surface area contributed by atoms with Gasteiger partial charge in [0.1, 0.15) is 5.75 Å². The number of nitrogens with one attached hydrogen (secondary N) is 1. The second-order valence-corrected chi connectivity index (χ2v) is 4.92. The molecule has 0 aliphatic rings. The van der Waals surface area contributed by atoms with Gasteiger partial charge in [0.15, 0.2) is 0 Å². The Labute approximate surface area is 115 Å². The number of amides is 1. The molecule has 19 heavy (non-hydrogen) atoms. The van der Waals surface area contributed by atoms with E-state index >= 15 is 0 Å². The molecule has 1 atom stereocenters. The van der Waals surface area contributed by atoms with E-state index in [-0.39, 0.29) is 18.1 Å². The summed E-state index contributed by atoms with van der Waals surface area (Å²) in [7, 11) is 0. The smallest absolute Gasteiger partial charge is 0.220 e. The van der Waals surface area contributed by atoms with Gasteiger partial charge in [-0.15, -0.1) is 0 Å². The first kappa shape index (κ1) is 15.5. The Morgan fingerprint density at radius 3 is 2.42 bits per heavy atom. The summed E-state index contributed by atoms with van der Waals surface area (Å²) in [5.74, 6) is 0.890. The highest BCUT2D eigenvalue weighted by molar-refractivity contribution is 5.76. The highest BCUT2D eigenvalue weighted by atomic mass is 16.5. The zero-order valence-corrected chi connectivity index (χ0v) is 12.0. The molecule has 3 N–H and O–H groups in total. The fourth-order valence-corrected chi connectivity index (χ4v) is 1.77. The Bertz CT molecular complexity index is 388. The lowest BCUT2D eigenvalue weighted by Crippen LogP contribution is -2.26. The molecule has 4 nitrogen and oxygen atoms in total. The van der Waals surface area contributed by atoms with E-state index in [0.717, 1.165) is 17.7 Å². The fourth-order valence-electron chi connectivity index (χ4n) is 1.77. The van der Waals surface area contributed by atoms with E-state index in [1.165, 1.54) is 0 Å². The zero-order valence-electron chi connectivity index (χ0n) is 12.0. The van der Waals surface area contributed by atoms with Gasteiger partial charge in [-0.2, -0.15) is 0 Å². The van der Waals surface area contributed by atoms with Gasteiger partial charge in [0, 0.05) is 6.42 Å². The summed E-state index contributed by atoms with van der Waals surface area (Å²) < 4.78 is 5.58. The van der Waals surface area contributed by atoms with Gasteiger partial charge in [-0.05, 0) is 51.4 Å². The van der Waals surface area contributed by atoms with Crippen LogP contribution >= 0.6 is 0 Å². The molecule has 0 aliphatic heterocycles. The van der Waals surface area contributed by atoms with Crippen molar-refractivity contribution in [3.05, 3.63) is 29.8 Å². The average Bonchev–Trinajstić information content (AvgIpc) is 2.36. The van der Waals surface area contributed by atoms with Gasteiger partial charge in [0.2, 0.25) is 5.91 Å². The predicted molar refractivity (Wildman–Crippen MR) is 77.1 cm³/mol. The Hall–Kier alpha value is -1.55. The van der Waals surface area contributed by atoms with Crippen LogP contribution in [0.3, 0.4) is 0 Å². The van der Waals surface area contributed by atoms with E-state index in [0.29, 0.717) is 13.0 Å². The molecule has 1 amide bonds. The van der Waals surface area contributed by atoms with Crippen molar-refractivity contribution in [1.29, 1.82) is 0 Å². The number of hydrogen-bond donors (Lipinski definition) is 2. The van der Waals surface area contributed by atoms with Gasteiger partial charge < -0.3 is 15.8 Å². The molecule has 0 bridgehead atoms. The lowest BCUT2D eigenvalue weighted by atomic mass is 10.1. The lowest BCUT2D eigenvalue weighted by Gasteiger charge is -2.15. The molecular weight excluding hydrogens is 240 g/mol. The minimum absolute atomic E-state index is 0.00151. The van der Waals surface area contributed by atoms with Gasteiger partial charge in [-0.25, -0.2) is 0 Å². The zero-order chi connectivity index (χ0) is 14.3. The van der Waals surface area contributed by atoms with E-state index in [1.807, 2.05) is 45.0 Å². The number of hydrogen-bond acceptors (Lipinski definition) is 3. The summed E-state index contributed by atoms with van der Waals surface area (Å²) >= 11 is 0. The van der Waals surface area contributed by atoms with Crippen LogP contribution in [0, 0.1) is 0 Å². The molecule has 0 saturated carbocycles. The van der Waals surface area contributed by atoms with E-state index in [4.69, 9.17) is 10.5 Å². The number of nitrogens with two attached hydrogens (primary N) is 1. The quantitative estimate of drug-likeness (QED) is 0.794. The first-order valence-electron chi connectivity index (χ1n) is 6.79. The highest BCUT2D eigenvalue weighted by Gasteiger charge is 2.09. The molecule has 1 unspecified atom stereocenters. The van der Waals surface area contributed by atoms with Crippen molar-refractivity contribution in [3.63, 3.8) is 0 Å². The molecule has 0 saturated heterocycles. The molecule has 106 valence electrons. The van der Waals surface area contributed by atoms with Crippen LogP contribution in [0.5, 0.6) is 5.75 Å². The minimum atomic E-state index is -0.00151. The van der Waals surface area contributed by atoms with Gasteiger partial charge >= 0.3 is 0 Å². The minimum Gasteiger partial charge on any atom is -0.491 e. The molecule has 1 aromatic rings. The lowest BCUT2D eigenvalue weighted by molar-refractivity contribution is -0.121. The Morgan fingerprint density at radius 1 is 1.26 bits per heavy atom. The largest absolute Gasteiger partial charge is 0.491 e. The molecule has 0 radical (unpaired) electrons. The van der Waals surface area contributed by atoms with Gasteiger partial charge in [0.25, 0.3) is 0 Å². The van der Waals surface area contributed by atoms with E-state index in [2.05, 4.69) is 5.32 Å². The van der Waals surface area contributed by atoms with Crippen LogP contribution in [0.1, 0.15) is 45.2 Å². The van der Waals surface area contributed by atoms with Crippen molar-refractivity contribution < 1.29 is 9.53 Å². The number of rotatable bonds is 7. The number of ether oxygens (including phenoxy) is 1. The Kier molecular flexibility index (Phi) is 6.36. The topological polar surface area (TPSA) is 64.3 Å². The van der Waals surface area contributed by atoms with Crippen LogP contribution in [-0.4, -0.2) is 18.6 Å². The molecule has 0 fully saturated rings. The van der Waals surface area contributed by atoms with Gasteiger partial charge in [-0.3, -0.25) is 4.79 Å². The number of carbonyl (C=O) groups is 1. The van der Waals surface area contributed by atoms with E-state index in [1.54, 1.807) is 0 Å². The first-order valence-corrected chi connectivity index (χ1v) is 6.79. The van der Waals surface area contributed by atoms with Crippen molar-refractivity contribution in [2.24, 2.45) is 5.73 Å². The normalized spacial score (nSPS) is 12.3. The predicted octanol–water partition coefficient (Wildman–Crippen LogP) is 2.39. The van der Waals surface area contributed by atoms with Gasteiger partial charge in [-0.1, -0.05) is 12.1 Å². The van der Waals surface area contributed by atoms with E-state index < -0.39 is 0 Å². The summed E-state index contributed by atoms with van der Waals surface area (Å²) in [6.45, 7) is 6.50. The standard InChI is InChI=1S/C15H24N2O2/c1-11(2)19-14-8-6-13(7-9-14)12(3)17-15(18)5-4-10-16/h6-9,11-12H,4-5,10,16H2,1-3H3,(H,17,18). The Balaban J connectivity index is 2.52. The highest BCUT2D eigenvalue weighted by Crippen LogP contribution is 2.18. The van der Waals surface area contributed by atoms with Crippen molar-refractivity contribution in [1.82, 2.24) is 5.32 Å². The summed E-state index contributed by atoms with van der Waals surface area (Å²) in [5.41, 5.74) is 6.45. The first-order chi connectivity index (χ1) is 9.02. The molecular formula is C15H24N2O2. The van der Waals surface area contributed by atoms with Crippen LogP contribution < -0.4 is 15.8 Å². The second kappa shape index (κ2) is 7.79. The molecule has 0 spiro atoms. The summed E-state index contributed by atoms with van der Waals surface area (Å²) in [5, 5.41) is 2.96. The third-order valence-electron chi connectivity index (χ3n) is 2.74. The molecule has 4 heteroatoms. The monoisotopic (exact) mass is 264 g/mol. The van der Waals surface area contributed by atoms with Crippen LogP contribution in [0.2, 0.25) is 0 Å². The molecule has 1 aromatic carbocycles. The number of benzene rings is 1. The third kappa shape index (κ3) is 5.75. The third-order valence-corrected chi connectivity index (χ3v) is 2.74. The van der Waals surface area contributed by atoms with Crippen molar-refractivity contribution in [2.75, 3.05) is 6.54 Å². The SMILES string of the molecule is CC(C)Oc1ccc(C(C)NC(=O)CCCN)cc1. The van der Waals surface area contributed by atoms with Crippen molar-refractivity contribution in [3.8, 4) is 5.75 Å². The Morgan fingerprint density at radius 2 is 1.89 bits per heavy atom. The summed E-state index contributed by atoms with van der Waals surface area (Å²) in [6, 6.07) is 7.81. The van der Waals surface area contributed by atoms with Gasteiger partial charge in [0.05, 0.1) is 12.1 Å². The van der Waals surface area contributed by atoms with Crippen LogP contribution in [0.4, 0.5) is 0 Å². The maximum atomic E-state index is 11.6. The summed E-state index contributed by atoms with van der Waals surface area (Å²) in [4.78, 5) is 11.6. The van der Waals surface area contributed by atoms with E-state index in [9.17, 15) is 4.79 Å². The number of carbonyl (C=O) groups excluding carboxylic acids is 1. The van der Waals surface area contributed by atoms with Crippen LogP contribution in [0.25, 0.3) is 0 Å².